The van der Waals surface area contributed by atoms with Crippen LogP contribution >= 0.6 is 11.3 Å². The van der Waals surface area contributed by atoms with Crippen LogP contribution in [0, 0.1) is 0 Å². The minimum Gasteiger partial charge on any atom is -0.453 e. The Kier molecular flexibility index (Phi) is 4.10. The van der Waals surface area contributed by atoms with E-state index in [1.54, 1.807) is 6.07 Å². The van der Waals surface area contributed by atoms with Gasteiger partial charge in [-0.05, 0) is 30.9 Å². The van der Waals surface area contributed by atoms with Gasteiger partial charge in [0.1, 0.15) is 16.3 Å². The summed E-state index contributed by atoms with van der Waals surface area (Å²) in [6.45, 7) is -0.618. The van der Waals surface area contributed by atoms with Crippen molar-refractivity contribution in [2.45, 2.75) is 19.3 Å². The number of carbonyl (C=O) groups is 2. The number of esters is 1. The first kappa shape index (κ1) is 16.2. The Morgan fingerprint density at radius 3 is 2.83 bits per heavy atom. The molecule has 0 bridgehead atoms. The van der Waals surface area contributed by atoms with Crippen LogP contribution < -0.4 is 17.0 Å². The van der Waals surface area contributed by atoms with Gasteiger partial charge in [0, 0.05) is 11.9 Å². The Morgan fingerprint density at radius 1 is 1.38 bits per heavy atom. The first-order chi connectivity index (χ1) is 11.4. The molecule has 3 rings (SSSR count). The second kappa shape index (κ2) is 6.08. The summed E-state index contributed by atoms with van der Waals surface area (Å²) in [7, 11) is 1.32. The molecular formula is C15H15N3O5S. The van der Waals surface area contributed by atoms with Gasteiger partial charge in [-0.25, -0.2) is 9.59 Å². The van der Waals surface area contributed by atoms with Crippen LogP contribution in [0.3, 0.4) is 0 Å². The number of aryl methyl sites for hydroxylation is 2. The SMILES string of the molecule is Cn1c(N)c(C(=O)COC(=O)c2cc3c(s2)CCC3)c(=O)[nH]c1=O. The molecule has 0 radical (unpaired) electrons. The van der Waals surface area contributed by atoms with E-state index in [4.69, 9.17) is 10.5 Å². The van der Waals surface area contributed by atoms with E-state index < -0.39 is 35.2 Å². The van der Waals surface area contributed by atoms with Crippen molar-refractivity contribution in [3.63, 3.8) is 0 Å². The second-order valence-corrected chi connectivity index (χ2v) is 6.63. The molecule has 8 nitrogen and oxygen atoms in total. The number of anilines is 1. The maximum absolute atomic E-state index is 12.1. The van der Waals surface area contributed by atoms with E-state index in [1.807, 2.05) is 4.98 Å². The van der Waals surface area contributed by atoms with Crippen molar-refractivity contribution in [1.82, 2.24) is 9.55 Å². The van der Waals surface area contributed by atoms with Crippen molar-refractivity contribution >= 4 is 28.9 Å². The zero-order valence-corrected chi connectivity index (χ0v) is 13.7. The summed E-state index contributed by atoms with van der Waals surface area (Å²) in [6, 6.07) is 1.78. The van der Waals surface area contributed by atoms with Gasteiger partial charge in [-0.15, -0.1) is 11.3 Å². The lowest BCUT2D eigenvalue weighted by molar-refractivity contribution is 0.0479. The van der Waals surface area contributed by atoms with Crippen LogP contribution in [0.1, 0.15) is 36.9 Å². The third-order valence-corrected chi connectivity index (χ3v) is 5.15. The summed E-state index contributed by atoms with van der Waals surface area (Å²) in [4.78, 5) is 50.9. The van der Waals surface area contributed by atoms with Gasteiger partial charge in [-0.2, -0.15) is 0 Å². The molecule has 0 aromatic carbocycles. The van der Waals surface area contributed by atoms with E-state index in [9.17, 15) is 19.2 Å². The number of aromatic nitrogens is 2. The number of rotatable bonds is 4. The predicted molar refractivity (Wildman–Crippen MR) is 87.7 cm³/mol. The molecular weight excluding hydrogens is 334 g/mol. The Hall–Kier alpha value is -2.68. The predicted octanol–water partition coefficient (Wildman–Crippen LogP) is 0.246. The minimum atomic E-state index is -0.897. The molecule has 126 valence electrons. The van der Waals surface area contributed by atoms with Gasteiger partial charge in [0.25, 0.3) is 5.56 Å². The number of carbonyl (C=O) groups excluding carboxylic acids is 2. The summed E-state index contributed by atoms with van der Waals surface area (Å²) < 4.78 is 5.93. The van der Waals surface area contributed by atoms with Crippen LogP contribution in [0.5, 0.6) is 0 Å². The molecule has 0 atom stereocenters. The molecule has 0 fully saturated rings. The van der Waals surface area contributed by atoms with Crippen LogP contribution in [0.25, 0.3) is 0 Å². The van der Waals surface area contributed by atoms with Gasteiger partial charge in [0.15, 0.2) is 6.61 Å². The van der Waals surface area contributed by atoms with Gasteiger partial charge in [0.05, 0.1) is 0 Å². The van der Waals surface area contributed by atoms with Crippen LogP contribution in [0.2, 0.25) is 0 Å². The first-order valence-electron chi connectivity index (χ1n) is 7.29. The molecule has 3 N–H and O–H groups in total. The van der Waals surface area contributed by atoms with Gasteiger partial charge in [-0.1, -0.05) is 0 Å². The first-order valence-corrected chi connectivity index (χ1v) is 8.11. The largest absolute Gasteiger partial charge is 0.453 e. The number of aromatic amines is 1. The number of Topliss-reactive ketones (excluding diaryl/α,β-unsaturated/α-hetero) is 1. The number of H-pyrrole nitrogens is 1. The van der Waals surface area contributed by atoms with E-state index in [1.165, 1.54) is 23.3 Å². The molecule has 0 aliphatic heterocycles. The van der Waals surface area contributed by atoms with E-state index in [-0.39, 0.29) is 5.82 Å². The Bertz CT molecular complexity index is 931. The molecule has 0 unspecified atom stereocenters. The van der Waals surface area contributed by atoms with E-state index in [0.717, 1.165) is 29.4 Å². The molecule has 1 aliphatic carbocycles. The number of nitrogen functional groups attached to an aromatic ring is 1. The summed E-state index contributed by atoms with van der Waals surface area (Å²) in [5, 5.41) is 0. The zero-order valence-electron chi connectivity index (χ0n) is 12.9. The molecule has 0 saturated heterocycles. The van der Waals surface area contributed by atoms with E-state index in [0.29, 0.717) is 4.88 Å². The third-order valence-electron chi connectivity index (χ3n) is 3.93. The molecule has 1 aliphatic rings. The van der Waals surface area contributed by atoms with E-state index >= 15 is 0 Å². The lowest BCUT2D eigenvalue weighted by atomic mass is 10.2. The fraction of sp³-hybridized carbons (Fsp3) is 0.333. The summed E-state index contributed by atoms with van der Waals surface area (Å²) in [5.41, 5.74) is 4.78. The molecule has 0 spiro atoms. The van der Waals surface area contributed by atoms with Crippen molar-refractivity contribution in [3.05, 3.63) is 47.8 Å². The van der Waals surface area contributed by atoms with Gasteiger partial charge < -0.3 is 10.5 Å². The molecule has 2 aromatic rings. The van der Waals surface area contributed by atoms with Gasteiger partial charge >= 0.3 is 11.7 Å². The zero-order chi connectivity index (χ0) is 17.4. The number of hydrogen-bond donors (Lipinski definition) is 2. The third kappa shape index (κ3) is 2.78. The maximum atomic E-state index is 12.1. The fourth-order valence-corrected chi connectivity index (χ4v) is 3.76. The highest BCUT2D eigenvalue weighted by Gasteiger charge is 2.22. The number of nitrogens with one attached hydrogen (secondary N) is 1. The number of ketones is 1. The van der Waals surface area contributed by atoms with Gasteiger partial charge in [-0.3, -0.25) is 19.1 Å². The fourth-order valence-electron chi connectivity index (χ4n) is 2.61. The standard InChI is InChI=1S/C15H15N3O5S/c1-18-12(16)11(13(20)17-15(18)22)8(19)6-23-14(21)10-5-7-3-2-4-9(7)24-10/h5H,2-4,6,16H2,1H3,(H,17,20,22). The maximum Gasteiger partial charge on any atom is 0.348 e. The van der Waals surface area contributed by atoms with Gasteiger partial charge in [0.2, 0.25) is 5.78 Å². The normalized spacial score (nSPS) is 12.9. The minimum absolute atomic E-state index is 0.264. The number of ether oxygens (including phenoxy) is 1. The molecule has 9 heteroatoms. The van der Waals surface area contributed by atoms with Crippen molar-refractivity contribution in [2.24, 2.45) is 7.05 Å². The quantitative estimate of drug-likeness (QED) is 0.602. The average molecular weight is 349 g/mol. The second-order valence-electron chi connectivity index (χ2n) is 5.49. The lowest BCUT2D eigenvalue weighted by Crippen LogP contribution is -2.35. The lowest BCUT2D eigenvalue weighted by Gasteiger charge is -2.08. The average Bonchev–Trinajstić information content (AvgIpc) is 3.12. The highest BCUT2D eigenvalue weighted by atomic mass is 32.1. The van der Waals surface area contributed by atoms with E-state index in [2.05, 4.69) is 0 Å². The topological polar surface area (TPSA) is 124 Å². The molecule has 0 saturated carbocycles. The Labute approximate surface area is 139 Å². The van der Waals surface area contributed by atoms with Crippen molar-refractivity contribution in [3.8, 4) is 0 Å². The Morgan fingerprint density at radius 2 is 2.12 bits per heavy atom. The highest BCUT2D eigenvalue weighted by molar-refractivity contribution is 7.14. The monoisotopic (exact) mass is 349 g/mol. The highest BCUT2D eigenvalue weighted by Crippen LogP contribution is 2.30. The summed E-state index contributed by atoms with van der Waals surface area (Å²) in [5.74, 6) is -1.63. The molecule has 0 amide bonds. The van der Waals surface area contributed by atoms with Crippen LogP contribution in [-0.2, 0) is 24.6 Å². The molecule has 2 heterocycles. The van der Waals surface area contributed by atoms with Crippen LogP contribution in [0.15, 0.2) is 15.7 Å². The van der Waals surface area contributed by atoms with Crippen molar-refractivity contribution in [1.29, 1.82) is 0 Å². The van der Waals surface area contributed by atoms with Crippen molar-refractivity contribution in [2.75, 3.05) is 12.3 Å². The number of nitrogens with zero attached hydrogens (tertiary/aromatic N) is 1. The Balaban J connectivity index is 1.74. The van der Waals surface area contributed by atoms with Crippen molar-refractivity contribution < 1.29 is 14.3 Å². The number of thiophene rings is 1. The smallest absolute Gasteiger partial charge is 0.348 e. The van der Waals surface area contributed by atoms with Crippen LogP contribution in [0.4, 0.5) is 5.82 Å². The number of nitrogens with two attached hydrogens (primary N) is 1. The molecule has 24 heavy (non-hydrogen) atoms. The summed E-state index contributed by atoms with van der Waals surface area (Å²) in [6.07, 6.45) is 2.99. The summed E-state index contributed by atoms with van der Waals surface area (Å²) >= 11 is 1.36. The molecule has 2 aromatic heterocycles. The number of fused-ring (bicyclic) bond motifs is 1. The number of hydrogen-bond acceptors (Lipinski definition) is 7. The van der Waals surface area contributed by atoms with Crippen LogP contribution in [-0.4, -0.2) is 27.9 Å².